The van der Waals surface area contributed by atoms with E-state index in [0.29, 0.717) is 6.54 Å². The summed E-state index contributed by atoms with van der Waals surface area (Å²) in [5.41, 5.74) is 4.45. The molecule has 4 heteroatoms. The smallest absolute Gasteiger partial charge is 0.319 e. The number of aryl methyl sites for hydroxylation is 2. The van der Waals surface area contributed by atoms with Crippen LogP contribution in [0.25, 0.3) is 10.1 Å². The molecule has 3 nitrogen and oxygen atoms in total. The number of anilines is 1. The molecule has 2 N–H and O–H groups in total. The standard InChI is InChI=1S/C21H24N2OS/c1-3-4-7-16-10-11-19(15(2)12-16)23-21(24)22-13-17-14-25-20-9-6-5-8-18(17)20/h5-6,8-12,14H,3-4,7,13H2,1-2H3,(H2,22,23,24). The Morgan fingerprint density at radius 1 is 1.16 bits per heavy atom. The van der Waals surface area contributed by atoms with Gasteiger partial charge in [0, 0.05) is 16.9 Å². The maximum absolute atomic E-state index is 12.2. The number of rotatable bonds is 6. The number of carbonyl (C=O) groups excluding carboxylic acids is 1. The predicted molar refractivity (Wildman–Crippen MR) is 107 cm³/mol. The van der Waals surface area contributed by atoms with E-state index in [9.17, 15) is 4.79 Å². The van der Waals surface area contributed by atoms with Crippen LogP contribution in [0.2, 0.25) is 0 Å². The van der Waals surface area contributed by atoms with Crippen LogP contribution in [-0.2, 0) is 13.0 Å². The molecule has 25 heavy (non-hydrogen) atoms. The van der Waals surface area contributed by atoms with Gasteiger partial charge in [0.25, 0.3) is 0 Å². The first kappa shape index (κ1) is 17.5. The summed E-state index contributed by atoms with van der Waals surface area (Å²) in [5.74, 6) is 0. The lowest BCUT2D eigenvalue weighted by Crippen LogP contribution is -2.28. The molecule has 1 heterocycles. The van der Waals surface area contributed by atoms with Crippen LogP contribution in [-0.4, -0.2) is 6.03 Å². The second kappa shape index (κ2) is 8.17. The highest BCUT2D eigenvalue weighted by Gasteiger charge is 2.07. The molecule has 130 valence electrons. The minimum Gasteiger partial charge on any atom is -0.334 e. The number of thiophene rings is 1. The molecule has 0 atom stereocenters. The molecule has 0 bridgehead atoms. The number of hydrogen-bond acceptors (Lipinski definition) is 2. The molecule has 0 aliphatic carbocycles. The zero-order chi connectivity index (χ0) is 17.6. The van der Waals surface area contributed by atoms with E-state index < -0.39 is 0 Å². The van der Waals surface area contributed by atoms with Gasteiger partial charge in [-0.05, 0) is 59.4 Å². The van der Waals surface area contributed by atoms with Crippen LogP contribution in [0.3, 0.4) is 0 Å². The normalized spacial score (nSPS) is 10.8. The molecule has 0 saturated heterocycles. The van der Waals surface area contributed by atoms with Crippen LogP contribution >= 0.6 is 11.3 Å². The second-order valence-electron chi connectivity index (χ2n) is 6.32. The van der Waals surface area contributed by atoms with E-state index in [1.807, 2.05) is 25.1 Å². The van der Waals surface area contributed by atoms with Gasteiger partial charge in [-0.2, -0.15) is 0 Å². The van der Waals surface area contributed by atoms with Gasteiger partial charge in [-0.15, -0.1) is 11.3 Å². The third-order valence-electron chi connectivity index (χ3n) is 4.36. The zero-order valence-electron chi connectivity index (χ0n) is 14.8. The lowest BCUT2D eigenvalue weighted by atomic mass is 10.0. The van der Waals surface area contributed by atoms with Crippen LogP contribution in [0.15, 0.2) is 47.8 Å². The van der Waals surface area contributed by atoms with Gasteiger partial charge >= 0.3 is 6.03 Å². The first-order valence-electron chi connectivity index (χ1n) is 8.77. The van der Waals surface area contributed by atoms with Gasteiger partial charge in [-0.25, -0.2) is 4.79 Å². The van der Waals surface area contributed by atoms with Crippen molar-refractivity contribution in [1.29, 1.82) is 0 Å². The lowest BCUT2D eigenvalue weighted by molar-refractivity contribution is 0.252. The highest BCUT2D eigenvalue weighted by atomic mass is 32.1. The number of unbranched alkanes of at least 4 members (excludes halogenated alkanes) is 1. The Balaban J connectivity index is 1.59. The van der Waals surface area contributed by atoms with Crippen molar-refractivity contribution in [2.75, 3.05) is 5.32 Å². The summed E-state index contributed by atoms with van der Waals surface area (Å²) in [7, 11) is 0. The third kappa shape index (κ3) is 4.40. The SMILES string of the molecule is CCCCc1ccc(NC(=O)NCc2csc3ccccc23)c(C)c1. The Morgan fingerprint density at radius 3 is 2.80 bits per heavy atom. The molecule has 0 spiro atoms. The number of nitrogens with one attached hydrogen (secondary N) is 2. The minimum atomic E-state index is -0.167. The van der Waals surface area contributed by atoms with Gasteiger partial charge in [-0.3, -0.25) is 0 Å². The van der Waals surface area contributed by atoms with Crippen LogP contribution in [0.5, 0.6) is 0 Å². The molecule has 2 aromatic carbocycles. The number of urea groups is 1. The van der Waals surface area contributed by atoms with Crippen molar-refractivity contribution in [3.05, 3.63) is 64.5 Å². The summed E-state index contributed by atoms with van der Waals surface area (Å²) in [6, 6.07) is 14.4. The average molecular weight is 353 g/mol. The average Bonchev–Trinajstić information content (AvgIpc) is 3.03. The molecule has 0 unspecified atom stereocenters. The summed E-state index contributed by atoms with van der Waals surface area (Å²) < 4.78 is 1.25. The summed E-state index contributed by atoms with van der Waals surface area (Å²) in [4.78, 5) is 12.2. The predicted octanol–water partition coefficient (Wildman–Crippen LogP) is 5.87. The number of amides is 2. The first-order valence-corrected chi connectivity index (χ1v) is 9.65. The molecule has 3 aromatic rings. The second-order valence-corrected chi connectivity index (χ2v) is 7.23. The van der Waals surface area contributed by atoms with Crippen molar-refractivity contribution in [3.8, 4) is 0 Å². The number of benzene rings is 2. The van der Waals surface area contributed by atoms with Gasteiger partial charge in [0.1, 0.15) is 0 Å². The maximum atomic E-state index is 12.2. The van der Waals surface area contributed by atoms with E-state index in [0.717, 1.165) is 23.2 Å². The van der Waals surface area contributed by atoms with E-state index in [1.54, 1.807) is 11.3 Å². The van der Waals surface area contributed by atoms with Crippen molar-refractivity contribution in [1.82, 2.24) is 5.32 Å². The molecule has 2 amide bonds. The first-order chi connectivity index (χ1) is 12.2. The molecular weight excluding hydrogens is 328 g/mol. The minimum absolute atomic E-state index is 0.167. The van der Waals surface area contributed by atoms with Gasteiger partial charge in [-0.1, -0.05) is 43.7 Å². The van der Waals surface area contributed by atoms with Crippen LogP contribution in [0.4, 0.5) is 10.5 Å². The Morgan fingerprint density at radius 2 is 2.00 bits per heavy atom. The Hall–Kier alpha value is -2.33. The van der Waals surface area contributed by atoms with E-state index in [2.05, 4.69) is 47.2 Å². The van der Waals surface area contributed by atoms with E-state index in [4.69, 9.17) is 0 Å². The fraction of sp³-hybridized carbons (Fsp3) is 0.286. The van der Waals surface area contributed by atoms with Crippen molar-refractivity contribution in [2.24, 2.45) is 0 Å². The molecular formula is C21H24N2OS. The summed E-state index contributed by atoms with van der Waals surface area (Å²) >= 11 is 1.71. The number of carbonyl (C=O) groups is 1. The molecule has 1 aromatic heterocycles. The molecule has 3 rings (SSSR count). The highest BCUT2D eigenvalue weighted by molar-refractivity contribution is 7.17. The Kier molecular flexibility index (Phi) is 5.71. The molecule has 0 aliphatic heterocycles. The van der Waals surface area contributed by atoms with Crippen molar-refractivity contribution >= 4 is 33.1 Å². The van der Waals surface area contributed by atoms with Crippen LogP contribution in [0, 0.1) is 6.92 Å². The summed E-state index contributed by atoms with van der Waals surface area (Å²) in [5, 5.41) is 9.24. The Bertz CT molecular complexity index is 869. The number of hydrogen-bond donors (Lipinski definition) is 2. The van der Waals surface area contributed by atoms with Gasteiger partial charge in [0.05, 0.1) is 0 Å². The van der Waals surface area contributed by atoms with E-state index in [1.165, 1.54) is 28.5 Å². The quantitative estimate of drug-likeness (QED) is 0.572. The Labute approximate surface area is 153 Å². The molecule has 0 radical (unpaired) electrons. The topological polar surface area (TPSA) is 41.1 Å². The lowest BCUT2D eigenvalue weighted by Gasteiger charge is -2.11. The van der Waals surface area contributed by atoms with E-state index >= 15 is 0 Å². The van der Waals surface area contributed by atoms with Gasteiger partial charge in [0.2, 0.25) is 0 Å². The summed E-state index contributed by atoms with van der Waals surface area (Å²) in [6.45, 7) is 4.77. The highest BCUT2D eigenvalue weighted by Crippen LogP contribution is 2.25. The van der Waals surface area contributed by atoms with Crippen molar-refractivity contribution in [3.63, 3.8) is 0 Å². The van der Waals surface area contributed by atoms with Crippen molar-refractivity contribution in [2.45, 2.75) is 39.7 Å². The summed E-state index contributed by atoms with van der Waals surface area (Å²) in [6.07, 6.45) is 3.48. The largest absolute Gasteiger partial charge is 0.334 e. The molecule has 0 fully saturated rings. The third-order valence-corrected chi connectivity index (χ3v) is 5.37. The van der Waals surface area contributed by atoms with Crippen LogP contribution < -0.4 is 10.6 Å². The fourth-order valence-electron chi connectivity index (χ4n) is 2.91. The van der Waals surface area contributed by atoms with Gasteiger partial charge in [0.15, 0.2) is 0 Å². The van der Waals surface area contributed by atoms with Crippen molar-refractivity contribution < 1.29 is 4.79 Å². The van der Waals surface area contributed by atoms with E-state index in [-0.39, 0.29) is 6.03 Å². The van der Waals surface area contributed by atoms with Crippen LogP contribution in [0.1, 0.15) is 36.5 Å². The maximum Gasteiger partial charge on any atom is 0.319 e. The van der Waals surface area contributed by atoms with Gasteiger partial charge < -0.3 is 10.6 Å². The fourth-order valence-corrected chi connectivity index (χ4v) is 3.88. The number of fused-ring (bicyclic) bond motifs is 1. The molecule has 0 aliphatic rings. The monoisotopic (exact) mass is 352 g/mol. The zero-order valence-corrected chi connectivity index (χ0v) is 15.6. The molecule has 0 saturated carbocycles.